The molecule has 2 aromatic rings. The molecule has 1 aromatic carbocycles. The molecule has 0 saturated heterocycles. The van der Waals surface area contributed by atoms with Gasteiger partial charge in [0.25, 0.3) is 0 Å². The van der Waals surface area contributed by atoms with Crippen molar-refractivity contribution in [2.75, 3.05) is 13.6 Å². The lowest BCUT2D eigenvalue weighted by atomic mass is 9.76. The second-order valence-corrected chi connectivity index (χ2v) is 5.86. The van der Waals surface area contributed by atoms with Gasteiger partial charge in [0.15, 0.2) is 11.8 Å². The van der Waals surface area contributed by atoms with Crippen LogP contribution in [0.5, 0.6) is 0 Å². The van der Waals surface area contributed by atoms with Gasteiger partial charge in [-0.3, -0.25) is 4.99 Å². The number of guanidine groups is 1. The molecule has 0 amide bonds. The van der Waals surface area contributed by atoms with E-state index in [9.17, 15) is 0 Å². The number of aromatic nitrogens is 2. The fourth-order valence-corrected chi connectivity index (χ4v) is 2.85. The summed E-state index contributed by atoms with van der Waals surface area (Å²) in [6.45, 7) is 7.54. The Kier molecular flexibility index (Phi) is 8.88. The van der Waals surface area contributed by atoms with Crippen LogP contribution in [0.4, 0.5) is 0 Å². The molecule has 0 radical (unpaired) electrons. The monoisotopic (exact) mass is 457 g/mol. The minimum absolute atomic E-state index is 0. The first kappa shape index (κ1) is 21.4. The summed E-state index contributed by atoms with van der Waals surface area (Å²) in [5.74, 6) is 1.92. The molecule has 2 N–H and O–H groups in total. The number of aryl methyl sites for hydroxylation is 1. The number of nitrogens with one attached hydrogen (secondary N) is 2. The number of nitrogens with zero attached hydrogens (tertiary/aromatic N) is 3. The summed E-state index contributed by atoms with van der Waals surface area (Å²) < 4.78 is 4.98. The highest BCUT2D eigenvalue weighted by Gasteiger charge is 2.28. The van der Waals surface area contributed by atoms with Gasteiger partial charge in [-0.1, -0.05) is 49.3 Å². The standard InChI is InChI=1S/C18H27N5O.HI/c1-5-18(6-2,15-10-8-7-9-11-15)13-21-17(19-4)20-12-16-22-14(3)24-23-16;/h7-11H,5-6,12-13H2,1-4H3,(H2,19,20,21);1H. The predicted octanol–water partition coefficient (Wildman–Crippen LogP) is 3.42. The number of hydrogen-bond acceptors (Lipinski definition) is 4. The molecule has 25 heavy (non-hydrogen) atoms. The molecule has 138 valence electrons. The number of hydrogen-bond donors (Lipinski definition) is 2. The number of halogens is 1. The summed E-state index contributed by atoms with van der Waals surface area (Å²) in [5.41, 5.74) is 1.44. The van der Waals surface area contributed by atoms with Gasteiger partial charge in [0.1, 0.15) is 0 Å². The molecule has 1 heterocycles. The van der Waals surface area contributed by atoms with E-state index >= 15 is 0 Å². The Morgan fingerprint density at radius 1 is 1.16 bits per heavy atom. The Morgan fingerprint density at radius 3 is 2.36 bits per heavy atom. The molecular weight excluding hydrogens is 429 g/mol. The van der Waals surface area contributed by atoms with Gasteiger partial charge < -0.3 is 15.2 Å². The first-order chi connectivity index (χ1) is 11.6. The molecule has 1 aromatic heterocycles. The quantitative estimate of drug-likeness (QED) is 0.379. The third kappa shape index (κ3) is 5.69. The SMILES string of the molecule is CCC(CC)(CNC(=NC)NCc1noc(C)n1)c1ccccc1.I. The van der Waals surface area contributed by atoms with E-state index in [1.165, 1.54) is 5.56 Å². The molecule has 0 bridgehead atoms. The fourth-order valence-electron chi connectivity index (χ4n) is 2.85. The van der Waals surface area contributed by atoms with Crippen molar-refractivity contribution in [1.82, 2.24) is 20.8 Å². The van der Waals surface area contributed by atoms with Crippen LogP contribution in [0.25, 0.3) is 0 Å². The van der Waals surface area contributed by atoms with E-state index in [1.54, 1.807) is 14.0 Å². The van der Waals surface area contributed by atoms with E-state index in [4.69, 9.17) is 4.52 Å². The molecule has 0 aliphatic rings. The maximum atomic E-state index is 4.98. The van der Waals surface area contributed by atoms with E-state index in [0.717, 1.165) is 25.3 Å². The maximum Gasteiger partial charge on any atom is 0.223 e. The molecule has 2 rings (SSSR count). The minimum atomic E-state index is 0. The van der Waals surface area contributed by atoms with Gasteiger partial charge in [-0.05, 0) is 18.4 Å². The molecule has 0 spiro atoms. The van der Waals surface area contributed by atoms with Crippen molar-refractivity contribution >= 4 is 29.9 Å². The van der Waals surface area contributed by atoms with Gasteiger partial charge in [0.05, 0.1) is 6.54 Å². The molecular formula is C18H28IN5O. The smallest absolute Gasteiger partial charge is 0.223 e. The molecule has 6 nitrogen and oxygen atoms in total. The van der Waals surface area contributed by atoms with Crippen LogP contribution in [-0.4, -0.2) is 29.7 Å². The van der Waals surface area contributed by atoms with Gasteiger partial charge in [-0.25, -0.2) is 0 Å². The lowest BCUT2D eigenvalue weighted by Crippen LogP contribution is -2.45. The topological polar surface area (TPSA) is 75.3 Å². The Morgan fingerprint density at radius 2 is 1.84 bits per heavy atom. The zero-order valence-electron chi connectivity index (χ0n) is 15.4. The maximum absolute atomic E-state index is 4.98. The van der Waals surface area contributed by atoms with Crippen molar-refractivity contribution in [1.29, 1.82) is 0 Å². The van der Waals surface area contributed by atoms with Crippen molar-refractivity contribution in [3.05, 3.63) is 47.6 Å². The molecule has 0 aliphatic carbocycles. The predicted molar refractivity (Wildman–Crippen MR) is 111 cm³/mol. The van der Waals surface area contributed by atoms with Crippen LogP contribution in [0.1, 0.15) is 44.0 Å². The summed E-state index contributed by atoms with van der Waals surface area (Å²) in [6.07, 6.45) is 2.11. The van der Waals surface area contributed by atoms with Crippen LogP contribution in [0.15, 0.2) is 39.8 Å². The Hall–Kier alpha value is -1.64. The molecule has 0 saturated carbocycles. The second-order valence-electron chi connectivity index (χ2n) is 5.86. The van der Waals surface area contributed by atoms with Gasteiger partial charge in [0.2, 0.25) is 5.89 Å². The number of aliphatic imine (C=N–C) groups is 1. The average molecular weight is 457 g/mol. The van der Waals surface area contributed by atoms with Crippen LogP contribution in [0.2, 0.25) is 0 Å². The molecule has 0 fully saturated rings. The molecule has 0 atom stereocenters. The third-order valence-corrected chi connectivity index (χ3v) is 4.54. The average Bonchev–Trinajstić information content (AvgIpc) is 3.05. The lowest BCUT2D eigenvalue weighted by Gasteiger charge is -2.33. The highest BCUT2D eigenvalue weighted by atomic mass is 127. The zero-order valence-corrected chi connectivity index (χ0v) is 17.7. The summed E-state index contributed by atoms with van der Waals surface area (Å²) in [7, 11) is 1.76. The molecule has 0 aliphatic heterocycles. The lowest BCUT2D eigenvalue weighted by molar-refractivity contribution is 0.385. The van der Waals surface area contributed by atoms with Gasteiger partial charge in [-0.2, -0.15) is 4.98 Å². The Balaban J connectivity index is 0.00000312. The summed E-state index contributed by atoms with van der Waals surface area (Å²) in [5, 5.41) is 10.5. The highest BCUT2D eigenvalue weighted by molar-refractivity contribution is 14.0. The number of benzene rings is 1. The highest BCUT2D eigenvalue weighted by Crippen LogP contribution is 2.30. The van der Waals surface area contributed by atoms with Crippen LogP contribution in [0.3, 0.4) is 0 Å². The zero-order chi connectivity index (χ0) is 17.4. The van der Waals surface area contributed by atoms with Crippen molar-refractivity contribution < 1.29 is 4.52 Å². The van der Waals surface area contributed by atoms with Crippen LogP contribution in [0, 0.1) is 6.92 Å². The van der Waals surface area contributed by atoms with Crippen LogP contribution >= 0.6 is 24.0 Å². The minimum Gasteiger partial charge on any atom is -0.356 e. The first-order valence-electron chi connectivity index (χ1n) is 8.42. The summed E-state index contributed by atoms with van der Waals surface area (Å²) >= 11 is 0. The molecule has 7 heteroatoms. The van der Waals surface area contributed by atoms with Crippen LogP contribution < -0.4 is 10.6 Å². The van der Waals surface area contributed by atoms with Gasteiger partial charge >= 0.3 is 0 Å². The molecule has 0 unspecified atom stereocenters. The third-order valence-electron chi connectivity index (χ3n) is 4.54. The van der Waals surface area contributed by atoms with Crippen molar-refractivity contribution in [2.24, 2.45) is 4.99 Å². The van der Waals surface area contributed by atoms with Crippen molar-refractivity contribution in [3.63, 3.8) is 0 Å². The summed E-state index contributed by atoms with van der Waals surface area (Å²) in [6, 6.07) is 10.7. The van der Waals surface area contributed by atoms with E-state index < -0.39 is 0 Å². The van der Waals surface area contributed by atoms with Gasteiger partial charge in [0, 0.05) is 25.9 Å². The normalized spacial score (nSPS) is 11.8. The van der Waals surface area contributed by atoms with E-state index in [0.29, 0.717) is 18.3 Å². The summed E-state index contributed by atoms with van der Waals surface area (Å²) in [4.78, 5) is 8.47. The van der Waals surface area contributed by atoms with Crippen molar-refractivity contribution in [3.8, 4) is 0 Å². The van der Waals surface area contributed by atoms with E-state index in [1.807, 2.05) is 0 Å². The van der Waals surface area contributed by atoms with E-state index in [2.05, 4.69) is 69.9 Å². The first-order valence-corrected chi connectivity index (χ1v) is 8.42. The second kappa shape index (κ2) is 10.4. The Labute approximate surface area is 166 Å². The van der Waals surface area contributed by atoms with E-state index in [-0.39, 0.29) is 29.4 Å². The Bertz CT molecular complexity index is 652. The fraction of sp³-hybridized carbons (Fsp3) is 0.500. The van der Waals surface area contributed by atoms with Crippen molar-refractivity contribution in [2.45, 2.75) is 45.6 Å². The number of rotatable bonds is 7. The van der Waals surface area contributed by atoms with Gasteiger partial charge in [-0.15, -0.1) is 24.0 Å². The largest absolute Gasteiger partial charge is 0.356 e. The van der Waals surface area contributed by atoms with Crippen LogP contribution in [-0.2, 0) is 12.0 Å².